The van der Waals surface area contributed by atoms with Gasteiger partial charge in [0.25, 0.3) is 5.91 Å². The Bertz CT molecular complexity index is 800. The number of carbonyl (C=O) groups is 3. The Kier molecular flexibility index (Phi) is 5.36. The van der Waals surface area contributed by atoms with E-state index < -0.39 is 12.1 Å². The number of benzene rings is 1. The Morgan fingerprint density at radius 1 is 1.15 bits per heavy atom. The van der Waals surface area contributed by atoms with Gasteiger partial charge in [-0.3, -0.25) is 14.5 Å². The third kappa shape index (κ3) is 4.11. The van der Waals surface area contributed by atoms with Gasteiger partial charge in [-0.05, 0) is 24.1 Å². The van der Waals surface area contributed by atoms with E-state index >= 15 is 0 Å². The van der Waals surface area contributed by atoms with Crippen molar-refractivity contribution < 1.29 is 14.4 Å². The van der Waals surface area contributed by atoms with Crippen LogP contribution in [0, 0.1) is 0 Å². The van der Waals surface area contributed by atoms with Crippen molar-refractivity contribution in [3.05, 3.63) is 59.9 Å². The molecule has 1 aromatic carbocycles. The first-order valence-electron chi connectivity index (χ1n) is 8.57. The summed E-state index contributed by atoms with van der Waals surface area (Å²) in [4.78, 5) is 37.7. The predicted octanol–water partition coefficient (Wildman–Crippen LogP) is 1.54. The summed E-state index contributed by atoms with van der Waals surface area (Å²) in [5.41, 5.74) is 1.88. The maximum absolute atomic E-state index is 12.4. The zero-order valence-electron chi connectivity index (χ0n) is 14.6. The second-order valence-corrected chi connectivity index (χ2v) is 6.34. The van der Waals surface area contributed by atoms with E-state index in [1.54, 1.807) is 0 Å². The summed E-state index contributed by atoms with van der Waals surface area (Å²) in [6, 6.07) is 12.1. The van der Waals surface area contributed by atoms with Crippen molar-refractivity contribution in [2.45, 2.75) is 32.0 Å². The van der Waals surface area contributed by atoms with Crippen molar-refractivity contribution in [2.24, 2.45) is 7.05 Å². The molecule has 2 aromatic rings. The molecule has 0 bridgehead atoms. The van der Waals surface area contributed by atoms with E-state index in [4.69, 9.17) is 0 Å². The number of imide groups is 1. The van der Waals surface area contributed by atoms with Gasteiger partial charge < -0.3 is 15.2 Å². The first-order valence-corrected chi connectivity index (χ1v) is 8.57. The summed E-state index contributed by atoms with van der Waals surface area (Å²) >= 11 is 0. The zero-order chi connectivity index (χ0) is 18.5. The van der Waals surface area contributed by atoms with E-state index in [1.165, 1.54) is 4.90 Å². The summed E-state index contributed by atoms with van der Waals surface area (Å²) in [5.74, 6) is -0.427. The van der Waals surface area contributed by atoms with Crippen LogP contribution >= 0.6 is 0 Å². The summed E-state index contributed by atoms with van der Waals surface area (Å²) in [6.07, 6.45) is 2.38. The molecule has 26 heavy (non-hydrogen) atoms. The van der Waals surface area contributed by atoms with Gasteiger partial charge in [0.1, 0.15) is 6.04 Å². The number of nitrogens with zero attached hydrogens (tertiary/aromatic N) is 2. The zero-order valence-corrected chi connectivity index (χ0v) is 14.6. The molecule has 7 nitrogen and oxygen atoms in total. The lowest BCUT2D eigenvalue weighted by Crippen LogP contribution is -2.32. The monoisotopic (exact) mass is 354 g/mol. The summed E-state index contributed by atoms with van der Waals surface area (Å²) in [6.45, 7) is 0.676. The van der Waals surface area contributed by atoms with Crippen molar-refractivity contribution in [3.63, 3.8) is 0 Å². The van der Waals surface area contributed by atoms with Crippen molar-refractivity contribution in [2.75, 3.05) is 0 Å². The molecule has 0 unspecified atom stereocenters. The van der Waals surface area contributed by atoms with Crippen LogP contribution in [0.2, 0.25) is 0 Å². The van der Waals surface area contributed by atoms with Gasteiger partial charge in [0.15, 0.2) is 0 Å². The number of carbonyl (C=O) groups excluding carboxylic acids is 3. The Labute approximate surface area is 152 Å². The molecule has 7 heteroatoms. The van der Waals surface area contributed by atoms with Gasteiger partial charge in [0.2, 0.25) is 5.91 Å². The van der Waals surface area contributed by atoms with E-state index in [0.29, 0.717) is 6.54 Å². The average molecular weight is 354 g/mol. The van der Waals surface area contributed by atoms with Crippen molar-refractivity contribution >= 4 is 17.8 Å². The number of rotatable bonds is 7. The molecule has 1 aromatic heterocycles. The van der Waals surface area contributed by atoms with Crippen LogP contribution in [0.15, 0.2) is 48.7 Å². The number of hydrogen-bond acceptors (Lipinski definition) is 3. The fourth-order valence-electron chi connectivity index (χ4n) is 2.92. The van der Waals surface area contributed by atoms with E-state index in [2.05, 4.69) is 10.6 Å². The summed E-state index contributed by atoms with van der Waals surface area (Å²) in [7, 11) is 1.91. The highest BCUT2D eigenvalue weighted by Gasteiger charge is 2.37. The molecular formula is C19H22N4O3. The maximum atomic E-state index is 12.4. The predicted molar refractivity (Wildman–Crippen MR) is 95.8 cm³/mol. The lowest BCUT2D eigenvalue weighted by Gasteiger charge is -2.13. The van der Waals surface area contributed by atoms with Gasteiger partial charge in [-0.25, -0.2) is 4.79 Å². The van der Waals surface area contributed by atoms with Gasteiger partial charge in [-0.2, -0.15) is 0 Å². The van der Waals surface area contributed by atoms with E-state index in [-0.39, 0.29) is 31.2 Å². The van der Waals surface area contributed by atoms with Gasteiger partial charge in [-0.15, -0.1) is 0 Å². The lowest BCUT2D eigenvalue weighted by molar-refractivity contribution is -0.128. The smallest absolute Gasteiger partial charge is 0.325 e. The maximum Gasteiger partial charge on any atom is 0.325 e. The molecule has 2 N–H and O–H groups in total. The Balaban J connectivity index is 1.48. The minimum Gasteiger partial charge on any atom is -0.353 e. The molecule has 0 saturated carbocycles. The third-order valence-electron chi connectivity index (χ3n) is 4.47. The highest BCUT2D eigenvalue weighted by atomic mass is 16.2. The molecule has 1 aliphatic heterocycles. The van der Waals surface area contributed by atoms with Gasteiger partial charge in [-0.1, -0.05) is 30.3 Å². The summed E-state index contributed by atoms with van der Waals surface area (Å²) in [5, 5.41) is 5.49. The van der Waals surface area contributed by atoms with Crippen molar-refractivity contribution in [1.82, 2.24) is 20.1 Å². The summed E-state index contributed by atoms with van der Waals surface area (Å²) < 4.78 is 1.93. The second-order valence-electron chi connectivity index (χ2n) is 6.34. The first-order chi connectivity index (χ1) is 12.5. The molecule has 0 aliphatic carbocycles. The van der Waals surface area contributed by atoms with E-state index in [9.17, 15) is 14.4 Å². The highest BCUT2D eigenvalue weighted by Crippen LogP contribution is 2.15. The molecule has 0 radical (unpaired) electrons. The molecule has 1 atom stereocenters. The highest BCUT2D eigenvalue weighted by molar-refractivity contribution is 6.04. The number of aromatic nitrogens is 1. The topological polar surface area (TPSA) is 83.4 Å². The molecule has 1 aliphatic rings. The van der Waals surface area contributed by atoms with Gasteiger partial charge in [0.05, 0.1) is 13.1 Å². The van der Waals surface area contributed by atoms with Crippen LogP contribution in [0.4, 0.5) is 4.79 Å². The SMILES string of the molecule is Cn1cccc1CNC(=O)CC[C@@H]1NC(=O)N(Cc2ccccc2)C1=O. The fourth-order valence-corrected chi connectivity index (χ4v) is 2.92. The number of urea groups is 1. The largest absolute Gasteiger partial charge is 0.353 e. The molecule has 136 valence electrons. The molecule has 1 fully saturated rings. The van der Waals surface area contributed by atoms with Crippen LogP contribution < -0.4 is 10.6 Å². The molecule has 1 saturated heterocycles. The number of amides is 4. The Morgan fingerprint density at radius 2 is 1.92 bits per heavy atom. The van der Waals surface area contributed by atoms with Gasteiger partial charge >= 0.3 is 6.03 Å². The quantitative estimate of drug-likeness (QED) is 0.740. The standard InChI is InChI=1S/C19H22N4O3/c1-22-11-5-8-15(22)12-20-17(24)10-9-16-18(25)23(19(26)21-16)13-14-6-3-2-4-7-14/h2-8,11,16H,9-10,12-13H2,1H3,(H,20,24)(H,21,26)/t16-/m0/s1. The number of hydrogen-bond donors (Lipinski definition) is 2. The second kappa shape index (κ2) is 7.86. The van der Waals surface area contributed by atoms with Crippen molar-refractivity contribution in [1.29, 1.82) is 0 Å². The molecule has 0 spiro atoms. The van der Waals surface area contributed by atoms with E-state index in [1.807, 2.05) is 60.3 Å². The average Bonchev–Trinajstić information content (AvgIpc) is 3.17. The van der Waals surface area contributed by atoms with Crippen LogP contribution in [0.5, 0.6) is 0 Å². The lowest BCUT2D eigenvalue weighted by atomic mass is 10.1. The van der Waals surface area contributed by atoms with Crippen LogP contribution in [-0.2, 0) is 29.7 Å². The molecule has 3 rings (SSSR count). The normalized spacial score (nSPS) is 16.7. The van der Waals surface area contributed by atoms with E-state index in [0.717, 1.165) is 11.3 Å². The van der Waals surface area contributed by atoms with Crippen LogP contribution in [0.25, 0.3) is 0 Å². The Morgan fingerprint density at radius 3 is 2.62 bits per heavy atom. The van der Waals surface area contributed by atoms with Crippen LogP contribution in [0.3, 0.4) is 0 Å². The number of aryl methyl sites for hydroxylation is 1. The molecule has 4 amide bonds. The first kappa shape index (κ1) is 17.7. The van der Waals surface area contributed by atoms with Crippen LogP contribution in [0.1, 0.15) is 24.1 Å². The third-order valence-corrected chi connectivity index (χ3v) is 4.47. The van der Waals surface area contributed by atoms with Crippen LogP contribution in [-0.4, -0.2) is 33.4 Å². The number of nitrogens with one attached hydrogen (secondary N) is 2. The van der Waals surface area contributed by atoms with Gasteiger partial charge in [0, 0.05) is 25.4 Å². The molecular weight excluding hydrogens is 332 g/mol. The minimum atomic E-state index is -0.646. The molecule has 2 heterocycles. The minimum absolute atomic E-state index is 0.144. The fraction of sp³-hybridized carbons (Fsp3) is 0.316. The Hall–Kier alpha value is -3.09. The van der Waals surface area contributed by atoms with Crippen molar-refractivity contribution in [3.8, 4) is 0 Å².